The quantitative estimate of drug-likeness (QED) is 0.416. The molecule has 2 amide bonds. The predicted molar refractivity (Wildman–Crippen MR) is 106 cm³/mol. The van der Waals surface area contributed by atoms with Crippen molar-refractivity contribution in [1.29, 1.82) is 0 Å². The van der Waals surface area contributed by atoms with Crippen LogP contribution in [0.2, 0.25) is 13.1 Å². The fourth-order valence-corrected chi connectivity index (χ4v) is 3.13. The number of hydrogen-bond acceptors (Lipinski definition) is 8. The normalized spacial score (nSPS) is 10.0. The number of benzene rings is 2. The van der Waals surface area contributed by atoms with Crippen LogP contribution in [0.1, 0.15) is 0 Å². The zero-order valence-electron chi connectivity index (χ0n) is 15.5. The minimum Gasteiger partial charge on any atom is -0.468 e. The van der Waals surface area contributed by atoms with Crippen molar-refractivity contribution in [3.63, 3.8) is 0 Å². The van der Waals surface area contributed by atoms with Gasteiger partial charge in [-0.3, -0.25) is 10.6 Å². The molecule has 2 rings (SSSR count). The first-order chi connectivity index (χ1) is 13.8. The Morgan fingerprint density at radius 2 is 1.10 bits per heavy atom. The van der Waals surface area contributed by atoms with Crippen molar-refractivity contribution >= 4 is 55.7 Å². The second kappa shape index (κ2) is 9.77. The van der Waals surface area contributed by atoms with E-state index in [9.17, 15) is 19.2 Å². The second-order valence-electron chi connectivity index (χ2n) is 5.93. The first kappa shape index (κ1) is 21.3. The van der Waals surface area contributed by atoms with Crippen LogP contribution < -0.4 is 10.6 Å². The van der Waals surface area contributed by atoms with Crippen molar-refractivity contribution < 1.29 is 28.0 Å². The van der Waals surface area contributed by atoms with Gasteiger partial charge in [0.15, 0.2) is 0 Å². The Bertz CT molecular complexity index is 899. The number of nitrogens with one attached hydrogen (secondary N) is 2. The summed E-state index contributed by atoms with van der Waals surface area (Å²) >= 11 is 0. The number of rotatable bonds is 6. The summed E-state index contributed by atoms with van der Waals surface area (Å²) in [5.41, 5.74) is 1.60. The number of carbonyl (C=O) groups excluding carboxylic acids is 4. The van der Waals surface area contributed by atoms with Gasteiger partial charge < -0.3 is 8.85 Å². The summed E-state index contributed by atoms with van der Waals surface area (Å²) < 4.78 is 10.5. The molecule has 0 saturated heterocycles. The largest absolute Gasteiger partial charge is 0.468 e. The van der Waals surface area contributed by atoms with Crippen molar-refractivity contribution in [3.05, 3.63) is 48.5 Å². The molecule has 0 atom stereocenters. The van der Waals surface area contributed by atoms with Crippen LogP contribution in [0.4, 0.5) is 32.3 Å². The summed E-state index contributed by atoms with van der Waals surface area (Å²) in [5.74, 6) is 0. The monoisotopic (exact) mass is 412 g/mol. The molecular formula is C18H16N4O6Si. The van der Waals surface area contributed by atoms with Crippen molar-refractivity contribution in [1.82, 2.24) is 0 Å². The Hall–Kier alpha value is -4.04. The smallest absolute Gasteiger partial charge is 0.460 e. The molecule has 29 heavy (non-hydrogen) atoms. The van der Waals surface area contributed by atoms with Crippen LogP contribution >= 0.6 is 0 Å². The number of aliphatic imine (C=N–C) groups is 2. The third kappa shape index (κ3) is 7.23. The minimum atomic E-state index is -3.15. The van der Waals surface area contributed by atoms with E-state index in [-0.39, 0.29) is 0 Å². The van der Waals surface area contributed by atoms with Crippen molar-refractivity contribution in [2.75, 3.05) is 10.6 Å². The van der Waals surface area contributed by atoms with Crippen LogP contribution in [0.15, 0.2) is 58.5 Å². The van der Waals surface area contributed by atoms with Crippen molar-refractivity contribution in [2.24, 2.45) is 9.98 Å². The molecule has 2 N–H and O–H groups in total. The highest BCUT2D eigenvalue weighted by molar-refractivity contribution is 6.68. The van der Waals surface area contributed by atoms with Gasteiger partial charge in [0.1, 0.15) is 0 Å². The molecule has 0 unspecified atom stereocenters. The Balaban J connectivity index is 1.88. The van der Waals surface area contributed by atoms with E-state index in [1.165, 1.54) is 73.8 Å². The maximum absolute atomic E-state index is 12.0. The minimum absolute atomic E-state index is 0.389. The molecule has 0 spiro atoms. The summed E-state index contributed by atoms with van der Waals surface area (Å²) in [6.45, 7) is 3.05. The average Bonchev–Trinajstić information content (AvgIpc) is 2.64. The van der Waals surface area contributed by atoms with Gasteiger partial charge in [0.05, 0.1) is 11.4 Å². The van der Waals surface area contributed by atoms with Crippen LogP contribution in [-0.2, 0) is 18.4 Å². The summed E-state index contributed by atoms with van der Waals surface area (Å²) in [6.07, 6.45) is 1.24. The molecule has 0 heterocycles. The van der Waals surface area contributed by atoms with Crippen molar-refractivity contribution in [2.45, 2.75) is 13.1 Å². The molecule has 0 aliphatic carbocycles. The summed E-state index contributed by atoms with van der Waals surface area (Å²) in [6, 6.07) is 12.2. The van der Waals surface area contributed by atoms with Gasteiger partial charge in [-0.25, -0.2) is 19.2 Å². The fourth-order valence-electron chi connectivity index (χ4n) is 2.10. The second-order valence-corrected chi connectivity index (χ2v) is 9.14. The lowest BCUT2D eigenvalue weighted by atomic mass is 10.3. The van der Waals surface area contributed by atoms with E-state index in [1.807, 2.05) is 0 Å². The highest BCUT2D eigenvalue weighted by Gasteiger charge is 2.34. The standard InChI is InChI=1S/C18H16N4O6Si/c1-29(2,27-17(25)21-15-7-3-13(4-8-15)19-11-23)28-18(26)22-16-9-5-14(6-10-16)20-12-24/h3-10H,1-2H3,(H,21,25)(H,22,26). The summed E-state index contributed by atoms with van der Waals surface area (Å²) in [7, 11) is -3.15. The van der Waals surface area contributed by atoms with Crippen LogP contribution in [0.5, 0.6) is 0 Å². The van der Waals surface area contributed by atoms with E-state index in [0.717, 1.165) is 0 Å². The lowest BCUT2D eigenvalue weighted by molar-refractivity contribution is 0.181. The number of hydrogen-bond donors (Lipinski definition) is 2. The van der Waals surface area contributed by atoms with E-state index in [2.05, 4.69) is 20.6 Å². The van der Waals surface area contributed by atoms with Gasteiger partial charge in [-0.05, 0) is 48.5 Å². The number of nitrogens with zero attached hydrogens (tertiary/aromatic N) is 2. The molecule has 0 aliphatic heterocycles. The molecule has 2 aromatic carbocycles. The van der Waals surface area contributed by atoms with E-state index < -0.39 is 20.7 Å². The average molecular weight is 412 g/mol. The molecule has 0 bridgehead atoms. The number of isocyanates is 2. The molecule has 0 aliphatic rings. The SMILES string of the molecule is C[Si](C)(OC(=O)Nc1ccc(N=C=O)cc1)OC(=O)Nc1ccc(N=C=O)cc1. The summed E-state index contributed by atoms with van der Waals surface area (Å²) in [4.78, 5) is 51.3. The van der Waals surface area contributed by atoms with Crippen LogP contribution in [0, 0.1) is 0 Å². The molecule has 0 saturated carbocycles. The van der Waals surface area contributed by atoms with Gasteiger partial charge in [-0.2, -0.15) is 9.98 Å². The van der Waals surface area contributed by atoms with Gasteiger partial charge in [0, 0.05) is 24.5 Å². The molecule has 0 fully saturated rings. The van der Waals surface area contributed by atoms with Crippen LogP contribution in [-0.4, -0.2) is 32.9 Å². The summed E-state index contributed by atoms with van der Waals surface area (Å²) in [5, 5.41) is 4.98. The predicted octanol–water partition coefficient (Wildman–Crippen LogP) is 4.12. The van der Waals surface area contributed by atoms with E-state index in [4.69, 9.17) is 8.85 Å². The Kier molecular flexibility index (Phi) is 7.16. The Labute approximate surface area is 166 Å². The number of anilines is 2. The van der Waals surface area contributed by atoms with Crippen molar-refractivity contribution in [3.8, 4) is 0 Å². The highest BCUT2D eigenvalue weighted by atomic mass is 28.4. The maximum atomic E-state index is 12.0. The first-order valence-electron chi connectivity index (χ1n) is 8.17. The molecule has 11 heteroatoms. The van der Waals surface area contributed by atoms with Gasteiger partial charge in [0.25, 0.3) is 0 Å². The highest BCUT2D eigenvalue weighted by Crippen LogP contribution is 2.18. The Morgan fingerprint density at radius 1 is 0.759 bits per heavy atom. The van der Waals surface area contributed by atoms with E-state index in [1.54, 1.807) is 0 Å². The zero-order chi connectivity index (χ0) is 21.3. The zero-order valence-corrected chi connectivity index (χ0v) is 16.5. The maximum Gasteiger partial charge on any atom is 0.460 e. The van der Waals surface area contributed by atoms with Gasteiger partial charge in [0.2, 0.25) is 12.2 Å². The molecular weight excluding hydrogens is 396 g/mol. The molecule has 2 aromatic rings. The Morgan fingerprint density at radius 3 is 1.41 bits per heavy atom. The fraction of sp³-hybridized carbons (Fsp3) is 0.111. The van der Waals surface area contributed by atoms with Gasteiger partial charge >= 0.3 is 20.7 Å². The van der Waals surface area contributed by atoms with E-state index in [0.29, 0.717) is 22.7 Å². The molecule has 0 aromatic heterocycles. The lowest BCUT2D eigenvalue weighted by Gasteiger charge is -2.22. The molecule has 10 nitrogen and oxygen atoms in total. The third-order valence-corrected chi connectivity index (χ3v) is 4.61. The van der Waals surface area contributed by atoms with E-state index >= 15 is 0 Å². The third-order valence-electron chi connectivity index (χ3n) is 3.25. The van der Waals surface area contributed by atoms with Crippen LogP contribution in [0.3, 0.4) is 0 Å². The topological polar surface area (TPSA) is 136 Å². The number of amides is 2. The first-order valence-corrected chi connectivity index (χ1v) is 11.0. The molecule has 0 radical (unpaired) electrons. The molecule has 148 valence electrons. The number of carbonyl (C=O) groups is 2. The van der Waals surface area contributed by atoms with Gasteiger partial charge in [-0.15, -0.1) is 0 Å². The van der Waals surface area contributed by atoms with Gasteiger partial charge in [-0.1, -0.05) is 0 Å². The lowest BCUT2D eigenvalue weighted by Crippen LogP contribution is -2.42. The van der Waals surface area contributed by atoms with Crippen LogP contribution in [0.25, 0.3) is 0 Å².